The highest BCUT2D eigenvalue weighted by atomic mass is 127. The van der Waals surface area contributed by atoms with Crippen molar-refractivity contribution >= 4 is 29.9 Å². The summed E-state index contributed by atoms with van der Waals surface area (Å²) in [5, 5.41) is 16.7. The van der Waals surface area contributed by atoms with E-state index in [1.165, 1.54) is 5.56 Å². The highest BCUT2D eigenvalue weighted by molar-refractivity contribution is 14.0. The van der Waals surface area contributed by atoms with E-state index in [2.05, 4.69) is 20.2 Å². The number of halogens is 1. The van der Waals surface area contributed by atoms with Crippen molar-refractivity contribution in [2.24, 2.45) is 4.99 Å². The van der Waals surface area contributed by atoms with Gasteiger partial charge >= 0.3 is 0 Å². The number of aliphatic imine (C=N–C) groups is 1. The highest BCUT2D eigenvalue weighted by Gasteiger charge is 2.07. The van der Waals surface area contributed by atoms with Crippen molar-refractivity contribution in [1.82, 2.24) is 15.2 Å². The second-order valence-corrected chi connectivity index (χ2v) is 5.49. The molecule has 0 fully saturated rings. The number of aliphatic hydroxyl groups is 1. The third-order valence-electron chi connectivity index (χ3n) is 3.56. The maximum atomic E-state index is 10.2. The number of nitrogens with zero attached hydrogens (tertiary/aromatic N) is 2. The van der Waals surface area contributed by atoms with Gasteiger partial charge in [0, 0.05) is 32.0 Å². The summed E-state index contributed by atoms with van der Waals surface area (Å²) in [6, 6.07) is 11.9. The molecule has 2 aromatic rings. The zero-order valence-corrected chi connectivity index (χ0v) is 16.6. The van der Waals surface area contributed by atoms with Gasteiger partial charge in [0.1, 0.15) is 0 Å². The average molecular weight is 442 g/mol. The van der Waals surface area contributed by atoms with Crippen LogP contribution in [0, 0.1) is 6.92 Å². The number of aliphatic hydroxyl groups excluding tert-OH is 1. The van der Waals surface area contributed by atoms with Crippen LogP contribution in [0.2, 0.25) is 0 Å². The second kappa shape index (κ2) is 11.1. The van der Waals surface area contributed by atoms with Gasteiger partial charge in [-0.05, 0) is 31.5 Å². The maximum absolute atomic E-state index is 10.2. The number of hydrogen-bond acceptors (Lipinski definition) is 2. The summed E-state index contributed by atoms with van der Waals surface area (Å²) >= 11 is 0. The normalized spacial score (nSPS) is 12.4. The molecule has 132 valence electrons. The van der Waals surface area contributed by atoms with Crippen molar-refractivity contribution in [3.05, 3.63) is 59.9 Å². The van der Waals surface area contributed by atoms with Crippen molar-refractivity contribution in [3.63, 3.8) is 0 Å². The predicted molar refractivity (Wildman–Crippen MR) is 110 cm³/mol. The molecule has 0 bridgehead atoms. The topological polar surface area (TPSA) is 61.6 Å². The Bertz CT molecular complexity index is 596. The Morgan fingerprint density at radius 2 is 1.83 bits per heavy atom. The van der Waals surface area contributed by atoms with Crippen LogP contribution in [0.3, 0.4) is 0 Å². The van der Waals surface area contributed by atoms with Gasteiger partial charge in [0.25, 0.3) is 0 Å². The molecule has 1 unspecified atom stereocenters. The third-order valence-corrected chi connectivity index (χ3v) is 3.56. The van der Waals surface area contributed by atoms with E-state index in [1.807, 2.05) is 62.6 Å². The van der Waals surface area contributed by atoms with Crippen molar-refractivity contribution in [2.75, 3.05) is 19.6 Å². The fourth-order valence-electron chi connectivity index (χ4n) is 2.24. The van der Waals surface area contributed by atoms with E-state index in [0.717, 1.165) is 31.2 Å². The van der Waals surface area contributed by atoms with Crippen LogP contribution < -0.4 is 10.6 Å². The van der Waals surface area contributed by atoms with Gasteiger partial charge in [0.05, 0.1) is 12.6 Å². The van der Waals surface area contributed by atoms with Crippen LogP contribution in [0.15, 0.2) is 53.8 Å². The van der Waals surface area contributed by atoms with Gasteiger partial charge in [0.15, 0.2) is 5.96 Å². The zero-order chi connectivity index (χ0) is 16.5. The van der Waals surface area contributed by atoms with Crippen molar-refractivity contribution in [2.45, 2.75) is 26.5 Å². The molecule has 5 nitrogen and oxygen atoms in total. The summed E-state index contributed by atoms with van der Waals surface area (Å²) in [7, 11) is 0. The molecule has 1 atom stereocenters. The lowest BCUT2D eigenvalue weighted by Gasteiger charge is -2.14. The van der Waals surface area contributed by atoms with Crippen molar-refractivity contribution < 1.29 is 5.11 Å². The number of benzene rings is 1. The number of aryl methyl sites for hydroxylation is 1. The molecule has 1 heterocycles. The van der Waals surface area contributed by atoms with E-state index in [0.29, 0.717) is 6.54 Å². The minimum absolute atomic E-state index is 0. The molecular weight excluding hydrogens is 415 g/mol. The van der Waals surface area contributed by atoms with Crippen molar-refractivity contribution in [3.8, 4) is 0 Å². The van der Waals surface area contributed by atoms with Crippen LogP contribution >= 0.6 is 24.0 Å². The Morgan fingerprint density at radius 3 is 2.46 bits per heavy atom. The van der Waals surface area contributed by atoms with Crippen LogP contribution in [-0.2, 0) is 6.54 Å². The van der Waals surface area contributed by atoms with E-state index in [9.17, 15) is 5.11 Å². The van der Waals surface area contributed by atoms with Gasteiger partial charge < -0.3 is 20.3 Å². The summed E-state index contributed by atoms with van der Waals surface area (Å²) in [4.78, 5) is 4.47. The average Bonchev–Trinajstić information content (AvgIpc) is 3.06. The largest absolute Gasteiger partial charge is 0.386 e. The summed E-state index contributed by atoms with van der Waals surface area (Å²) in [5.41, 5.74) is 2.08. The SMILES string of the molecule is CCNC(=NCC(O)c1ccc(C)cc1)NCCn1cccc1.I. The number of hydrogen-bond donors (Lipinski definition) is 3. The monoisotopic (exact) mass is 442 g/mol. The van der Waals surface area contributed by atoms with E-state index >= 15 is 0 Å². The first kappa shape index (κ1) is 20.5. The molecule has 3 N–H and O–H groups in total. The molecule has 0 saturated heterocycles. The molecule has 1 aromatic heterocycles. The molecule has 0 saturated carbocycles. The van der Waals surface area contributed by atoms with Gasteiger partial charge in [-0.1, -0.05) is 29.8 Å². The maximum Gasteiger partial charge on any atom is 0.191 e. The number of aromatic nitrogens is 1. The van der Waals surface area contributed by atoms with E-state index in [-0.39, 0.29) is 24.0 Å². The van der Waals surface area contributed by atoms with Crippen molar-refractivity contribution in [1.29, 1.82) is 0 Å². The lowest BCUT2D eigenvalue weighted by atomic mass is 10.1. The highest BCUT2D eigenvalue weighted by Crippen LogP contribution is 2.13. The summed E-state index contributed by atoms with van der Waals surface area (Å²) < 4.78 is 2.11. The first-order chi connectivity index (χ1) is 11.2. The second-order valence-electron chi connectivity index (χ2n) is 5.49. The summed E-state index contributed by atoms with van der Waals surface area (Å²) in [6.07, 6.45) is 3.48. The lowest BCUT2D eigenvalue weighted by molar-refractivity contribution is 0.187. The van der Waals surface area contributed by atoms with Crippen LogP contribution in [0.4, 0.5) is 0 Å². The van der Waals surface area contributed by atoms with E-state index < -0.39 is 6.10 Å². The minimum atomic E-state index is -0.587. The molecule has 0 spiro atoms. The first-order valence-electron chi connectivity index (χ1n) is 8.06. The Labute approximate surface area is 161 Å². The Balaban J connectivity index is 0.00000288. The number of rotatable bonds is 7. The van der Waals surface area contributed by atoms with Gasteiger partial charge in [0.2, 0.25) is 0 Å². The van der Waals surface area contributed by atoms with Crippen LogP contribution in [0.25, 0.3) is 0 Å². The van der Waals surface area contributed by atoms with Gasteiger partial charge in [-0.25, -0.2) is 0 Å². The molecule has 0 amide bonds. The Morgan fingerprint density at radius 1 is 1.17 bits per heavy atom. The minimum Gasteiger partial charge on any atom is -0.386 e. The molecule has 0 aliphatic rings. The molecule has 0 radical (unpaired) electrons. The fourth-order valence-corrected chi connectivity index (χ4v) is 2.24. The Hall–Kier alpha value is -1.54. The lowest BCUT2D eigenvalue weighted by Crippen LogP contribution is -2.39. The molecule has 6 heteroatoms. The number of guanidine groups is 1. The predicted octanol–water partition coefficient (Wildman–Crippen LogP) is 2.70. The third kappa shape index (κ3) is 6.92. The summed E-state index contributed by atoms with van der Waals surface area (Å²) in [5.74, 6) is 0.728. The quantitative estimate of drug-likeness (QED) is 0.351. The molecule has 0 aliphatic carbocycles. The van der Waals surface area contributed by atoms with E-state index in [1.54, 1.807) is 0 Å². The zero-order valence-electron chi connectivity index (χ0n) is 14.3. The first-order valence-corrected chi connectivity index (χ1v) is 8.06. The summed E-state index contributed by atoms with van der Waals surface area (Å²) in [6.45, 7) is 6.84. The fraction of sp³-hybridized carbons (Fsp3) is 0.389. The smallest absolute Gasteiger partial charge is 0.191 e. The Kier molecular flexibility index (Phi) is 9.48. The molecule has 1 aromatic carbocycles. The molecule has 2 rings (SSSR count). The van der Waals surface area contributed by atoms with Crippen LogP contribution in [-0.4, -0.2) is 35.3 Å². The molecule has 0 aliphatic heterocycles. The van der Waals surface area contributed by atoms with Gasteiger partial charge in [-0.15, -0.1) is 24.0 Å². The molecule has 24 heavy (non-hydrogen) atoms. The van der Waals surface area contributed by atoms with Crippen LogP contribution in [0.1, 0.15) is 24.2 Å². The standard InChI is InChI=1S/C18H26N4O.HI/c1-3-19-18(20-10-13-22-11-4-5-12-22)21-14-17(23)16-8-6-15(2)7-9-16;/h4-9,11-12,17,23H,3,10,13-14H2,1-2H3,(H2,19,20,21);1H. The van der Waals surface area contributed by atoms with Gasteiger partial charge in [-0.3, -0.25) is 4.99 Å². The van der Waals surface area contributed by atoms with E-state index in [4.69, 9.17) is 0 Å². The molecular formula is C18H27IN4O. The van der Waals surface area contributed by atoms with Crippen LogP contribution in [0.5, 0.6) is 0 Å². The number of nitrogens with one attached hydrogen (secondary N) is 2. The van der Waals surface area contributed by atoms with Gasteiger partial charge in [-0.2, -0.15) is 0 Å².